The largest absolute Gasteiger partial charge is 0.494 e. The van der Waals surface area contributed by atoms with Gasteiger partial charge in [-0.2, -0.15) is 0 Å². The number of ether oxygens (including phenoxy) is 4. The van der Waals surface area contributed by atoms with Gasteiger partial charge < -0.3 is 18.9 Å². The molecular formula is C27H32N2O5. The number of ketones is 1. The van der Waals surface area contributed by atoms with Crippen LogP contribution in [-0.2, 0) is 11.3 Å². The molecule has 1 fully saturated rings. The van der Waals surface area contributed by atoms with E-state index in [1.807, 2.05) is 44.2 Å². The average Bonchev–Trinajstić information content (AvgIpc) is 3.18. The zero-order valence-corrected chi connectivity index (χ0v) is 20.0. The number of Topliss-reactive ketones (excluding diaryl/α,β-unsaturated/α-hetero) is 1. The van der Waals surface area contributed by atoms with Gasteiger partial charge in [0.2, 0.25) is 5.78 Å². The van der Waals surface area contributed by atoms with Crippen molar-refractivity contribution in [3.05, 3.63) is 58.3 Å². The summed E-state index contributed by atoms with van der Waals surface area (Å²) in [4.78, 5) is 17.9. The van der Waals surface area contributed by atoms with Gasteiger partial charge in [0.15, 0.2) is 5.76 Å². The molecule has 180 valence electrons. The number of rotatable bonds is 7. The van der Waals surface area contributed by atoms with E-state index < -0.39 is 0 Å². The highest BCUT2D eigenvalue weighted by molar-refractivity contribution is 6.15. The lowest BCUT2D eigenvalue weighted by molar-refractivity contribution is 0.0329. The highest BCUT2D eigenvalue weighted by atomic mass is 16.5. The van der Waals surface area contributed by atoms with E-state index in [1.165, 1.54) is 0 Å². The van der Waals surface area contributed by atoms with Crippen molar-refractivity contribution in [2.75, 3.05) is 52.7 Å². The number of benzene rings is 2. The molecule has 34 heavy (non-hydrogen) atoms. The molecule has 0 unspecified atom stereocenters. The van der Waals surface area contributed by atoms with Gasteiger partial charge in [0.1, 0.15) is 24.0 Å². The van der Waals surface area contributed by atoms with Gasteiger partial charge in [-0.3, -0.25) is 14.6 Å². The summed E-state index contributed by atoms with van der Waals surface area (Å²) < 4.78 is 23.2. The molecule has 3 aliphatic rings. The number of nitrogens with zero attached hydrogens (tertiary/aromatic N) is 2. The van der Waals surface area contributed by atoms with Gasteiger partial charge in [0.05, 0.1) is 30.9 Å². The zero-order chi connectivity index (χ0) is 23.5. The van der Waals surface area contributed by atoms with E-state index >= 15 is 0 Å². The number of carbonyl (C=O) groups is 1. The van der Waals surface area contributed by atoms with E-state index in [0.717, 1.165) is 74.0 Å². The van der Waals surface area contributed by atoms with Crippen molar-refractivity contribution in [2.24, 2.45) is 0 Å². The third kappa shape index (κ3) is 4.82. The van der Waals surface area contributed by atoms with Crippen LogP contribution < -0.4 is 14.2 Å². The normalized spacial score (nSPS) is 19.5. The second-order valence-corrected chi connectivity index (χ2v) is 8.95. The molecule has 5 rings (SSSR count). The fourth-order valence-electron chi connectivity index (χ4n) is 4.74. The van der Waals surface area contributed by atoms with Crippen molar-refractivity contribution >= 4 is 11.9 Å². The number of allylic oxidation sites excluding steroid dienone is 1. The van der Waals surface area contributed by atoms with Gasteiger partial charge in [-0.25, -0.2) is 0 Å². The molecule has 3 heterocycles. The molecular weight excluding hydrogens is 432 g/mol. The van der Waals surface area contributed by atoms with Crippen LogP contribution in [0, 0.1) is 6.92 Å². The molecule has 0 radical (unpaired) electrons. The molecule has 7 nitrogen and oxygen atoms in total. The SMILES string of the molecule is CCOc1ccc(/C=C2\Oc3c4c(cc(C)c3C2=O)OCN(CCCN2CCOCC2)C4)cc1. The second-order valence-electron chi connectivity index (χ2n) is 8.95. The molecule has 2 aromatic carbocycles. The lowest BCUT2D eigenvalue weighted by atomic mass is 9.98. The van der Waals surface area contributed by atoms with Crippen molar-refractivity contribution in [3.63, 3.8) is 0 Å². The van der Waals surface area contributed by atoms with Crippen LogP contribution in [0.3, 0.4) is 0 Å². The third-order valence-corrected chi connectivity index (χ3v) is 6.53. The molecule has 0 atom stereocenters. The second kappa shape index (κ2) is 10.2. The van der Waals surface area contributed by atoms with Crippen LogP contribution in [0.5, 0.6) is 17.2 Å². The highest BCUT2D eigenvalue weighted by Crippen LogP contribution is 2.44. The predicted octanol–water partition coefficient (Wildman–Crippen LogP) is 3.88. The Morgan fingerprint density at radius 2 is 1.85 bits per heavy atom. The smallest absolute Gasteiger partial charge is 0.232 e. The summed E-state index contributed by atoms with van der Waals surface area (Å²) in [5.74, 6) is 2.54. The molecule has 7 heteroatoms. The van der Waals surface area contributed by atoms with Crippen LogP contribution >= 0.6 is 0 Å². The number of hydrogen-bond donors (Lipinski definition) is 0. The van der Waals surface area contributed by atoms with Gasteiger partial charge in [-0.05, 0) is 62.2 Å². The Bertz CT molecular complexity index is 1070. The molecule has 0 amide bonds. The Hall–Kier alpha value is -2.87. The number of fused-ring (bicyclic) bond motifs is 3. The quantitative estimate of drug-likeness (QED) is 0.576. The van der Waals surface area contributed by atoms with E-state index in [4.69, 9.17) is 18.9 Å². The Kier molecular flexibility index (Phi) is 6.85. The monoisotopic (exact) mass is 464 g/mol. The van der Waals surface area contributed by atoms with Crippen molar-refractivity contribution in [2.45, 2.75) is 26.8 Å². The average molecular weight is 465 g/mol. The Morgan fingerprint density at radius 1 is 1.09 bits per heavy atom. The van der Waals surface area contributed by atoms with Crippen LogP contribution in [0.15, 0.2) is 36.1 Å². The highest BCUT2D eigenvalue weighted by Gasteiger charge is 2.35. The minimum Gasteiger partial charge on any atom is -0.494 e. The van der Waals surface area contributed by atoms with Crippen molar-refractivity contribution in [3.8, 4) is 17.2 Å². The van der Waals surface area contributed by atoms with Crippen molar-refractivity contribution in [1.82, 2.24) is 9.80 Å². The van der Waals surface area contributed by atoms with Gasteiger partial charge in [-0.1, -0.05) is 12.1 Å². The van der Waals surface area contributed by atoms with Gasteiger partial charge in [0, 0.05) is 26.2 Å². The summed E-state index contributed by atoms with van der Waals surface area (Å²) in [6.45, 7) is 11.4. The minimum atomic E-state index is -0.0753. The van der Waals surface area contributed by atoms with E-state index in [2.05, 4.69) is 9.80 Å². The number of morpholine rings is 1. The first-order valence-corrected chi connectivity index (χ1v) is 12.1. The van der Waals surface area contributed by atoms with Gasteiger partial charge in [-0.15, -0.1) is 0 Å². The maximum atomic E-state index is 13.2. The summed E-state index contributed by atoms with van der Waals surface area (Å²) in [6, 6.07) is 9.63. The lowest BCUT2D eigenvalue weighted by Gasteiger charge is -2.31. The lowest BCUT2D eigenvalue weighted by Crippen LogP contribution is -2.39. The van der Waals surface area contributed by atoms with Crippen LogP contribution in [0.4, 0.5) is 0 Å². The summed E-state index contributed by atoms with van der Waals surface area (Å²) >= 11 is 0. The summed E-state index contributed by atoms with van der Waals surface area (Å²) in [7, 11) is 0. The van der Waals surface area contributed by atoms with Crippen LogP contribution in [0.1, 0.15) is 40.4 Å². The van der Waals surface area contributed by atoms with Crippen LogP contribution in [0.2, 0.25) is 0 Å². The van der Waals surface area contributed by atoms with Gasteiger partial charge >= 0.3 is 0 Å². The molecule has 1 saturated heterocycles. The molecule has 3 aliphatic heterocycles. The molecule has 0 aliphatic carbocycles. The summed E-state index contributed by atoms with van der Waals surface area (Å²) in [6.07, 6.45) is 2.86. The van der Waals surface area contributed by atoms with E-state index in [0.29, 0.717) is 37.0 Å². The maximum Gasteiger partial charge on any atom is 0.232 e. The number of carbonyl (C=O) groups excluding carboxylic acids is 1. The summed E-state index contributed by atoms with van der Waals surface area (Å²) in [5, 5.41) is 0. The first-order valence-electron chi connectivity index (χ1n) is 12.1. The van der Waals surface area contributed by atoms with E-state index in [1.54, 1.807) is 6.08 Å². The van der Waals surface area contributed by atoms with Crippen LogP contribution in [-0.4, -0.2) is 68.3 Å². The zero-order valence-electron chi connectivity index (χ0n) is 20.0. The topological polar surface area (TPSA) is 60.5 Å². The molecule has 0 aromatic heterocycles. The first kappa shape index (κ1) is 22.9. The van der Waals surface area contributed by atoms with Gasteiger partial charge in [0.25, 0.3) is 0 Å². The van der Waals surface area contributed by atoms with E-state index in [9.17, 15) is 4.79 Å². The molecule has 0 N–H and O–H groups in total. The molecule has 0 saturated carbocycles. The third-order valence-electron chi connectivity index (χ3n) is 6.53. The van der Waals surface area contributed by atoms with E-state index in [-0.39, 0.29) is 5.78 Å². The maximum absolute atomic E-state index is 13.2. The minimum absolute atomic E-state index is 0.0753. The van der Waals surface area contributed by atoms with Crippen molar-refractivity contribution < 1.29 is 23.7 Å². The first-order chi connectivity index (χ1) is 16.6. The Balaban J connectivity index is 1.30. The summed E-state index contributed by atoms with van der Waals surface area (Å²) in [5.41, 5.74) is 3.39. The number of hydrogen-bond acceptors (Lipinski definition) is 7. The predicted molar refractivity (Wildman–Crippen MR) is 130 cm³/mol. The van der Waals surface area contributed by atoms with Crippen LogP contribution in [0.25, 0.3) is 6.08 Å². The fraction of sp³-hybridized carbons (Fsp3) is 0.444. The molecule has 2 aromatic rings. The molecule has 0 bridgehead atoms. The Labute approximate surface area is 200 Å². The number of aryl methyl sites for hydroxylation is 1. The Morgan fingerprint density at radius 3 is 2.62 bits per heavy atom. The standard InChI is InChI=1S/C27H32N2O5/c1-3-32-21-7-5-20(6-8-21)16-24-26(30)25-19(2)15-23-22(27(25)34-24)17-29(18-33-23)10-4-9-28-11-13-31-14-12-28/h5-8,15-16H,3-4,9-14,17-18H2,1-2H3/b24-16-. The molecule has 0 spiro atoms. The van der Waals surface area contributed by atoms with Crippen molar-refractivity contribution in [1.29, 1.82) is 0 Å². The fourth-order valence-corrected chi connectivity index (χ4v) is 4.74.